The maximum atomic E-state index is 13.1. The van der Waals surface area contributed by atoms with Gasteiger partial charge in [-0.15, -0.1) is 0 Å². The second-order valence-electron chi connectivity index (χ2n) is 7.82. The van der Waals surface area contributed by atoms with Crippen LogP contribution in [0.3, 0.4) is 0 Å². The molecule has 0 saturated heterocycles. The molecule has 0 bridgehead atoms. The molecule has 154 valence electrons. The maximum Gasteiger partial charge on any atom is 0.253 e. The molecule has 0 N–H and O–H groups in total. The lowest BCUT2D eigenvalue weighted by molar-refractivity contribution is -0.116. The van der Waals surface area contributed by atoms with Crippen LogP contribution in [0.15, 0.2) is 48.5 Å². The van der Waals surface area contributed by atoms with Crippen molar-refractivity contribution in [2.45, 2.75) is 33.7 Å². The fourth-order valence-electron chi connectivity index (χ4n) is 4.12. The van der Waals surface area contributed by atoms with E-state index in [2.05, 4.69) is 5.10 Å². The van der Waals surface area contributed by atoms with Crippen LogP contribution in [0.2, 0.25) is 0 Å². The van der Waals surface area contributed by atoms with E-state index in [0.717, 1.165) is 40.3 Å². The van der Waals surface area contributed by atoms with Crippen LogP contribution in [0.1, 0.15) is 39.8 Å². The monoisotopic (exact) mass is 402 g/mol. The van der Waals surface area contributed by atoms with Crippen molar-refractivity contribution in [1.29, 1.82) is 0 Å². The Balaban J connectivity index is 1.55. The predicted octanol–water partition coefficient (Wildman–Crippen LogP) is 3.67. The van der Waals surface area contributed by atoms with E-state index in [-0.39, 0.29) is 11.8 Å². The molecule has 0 saturated carbocycles. The van der Waals surface area contributed by atoms with Crippen molar-refractivity contribution < 1.29 is 9.59 Å². The number of para-hydroxylation sites is 1. The first-order valence-corrected chi connectivity index (χ1v) is 10.1. The second kappa shape index (κ2) is 7.78. The molecule has 6 nitrogen and oxygen atoms in total. The molecule has 30 heavy (non-hydrogen) atoms. The first kappa shape index (κ1) is 19.9. The molecule has 2 heterocycles. The third-order valence-electron chi connectivity index (χ3n) is 5.79. The van der Waals surface area contributed by atoms with Crippen molar-refractivity contribution >= 4 is 17.5 Å². The highest BCUT2D eigenvalue weighted by Crippen LogP contribution is 2.29. The van der Waals surface area contributed by atoms with Gasteiger partial charge in [0.1, 0.15) is 0 Å². The molecule has 4 rings (SSSR count). The Morgan fingerprint density at radius 3 is 2.53 bits per heavy atom. The van der Waals surface area contributed by atoms with E-state index >= 15 is 0 Å². The van der Waals surface area contributed by atoms with Crippen LogP contribution in [0.4, 0.5) is 5.69 Å². The van der Waals surface area contributed by atoms with Crippen LogP contribution in [0.25, 0.3) is 5.69 Å². The summed E-state index contributed by atoms with van der Waals surface area (Å²) in [6, 6.07) is 15.6. The fraction of sp³-hybridized carbons (Fsp3) is 0.292. The van der Waals surface area contributed by atoms with Gasteiger partial charge in [-0.05, 0) is 56.2 Å². The minimum Gasteiger partial charge on any atom is -0.337 e. The van der Waals surface area contributed by atoms with Crippen LogP contribution in [0, 0.1) is 13.8 Å². The summed E-state index contributed by atoms with van der Waals surface area (Å²) >= 11 is 0. The first-order valence-electron chi connectivity index (χ1n) is 10.1. The Labute approximate surface area is 176 Å². The Kier molecular flexibility index (Phi) is 5.16. The largest absolute Gasteiger partial charge is 0.337 e. The summed E-state index contributed by atoms with van der Waals surface area (Å²) < 4.78 is 1.93. The molecule has 0 fully saturated rings. The van der Waals surface area contributed by atoms with Crippen molar-refractivity contribution in [1.82, 2.24) is 14.7 Å². The molecule has 0 unspecified atom stereocenters. The number of rotatable bonds is 4. The van der Waals surface area contributed by atoms with Gasteiger partial charge in [0.2, 0.25) is 5.91 Å². The highest BCUT2D eigenvalue weighted by molar-refractivity contribution is 5.97. The van der Waals surface area contributed by atoms with Crippen LogP contribution in [0.5, 0.6) is 0 Å². The van der Waals surface area contributed by atoms with Gasteiger partial charge < -0.3 is 9.80 Å². The Hall–Kier alpha value is -3.41. The van der Waals surface area contributed by atoms with E-state index in [4.69, 9.17) is 0 Å². The molecule has 1 aliphatic rings. The van der Waals surface area contributed by atoms with Crippen LogP contribution in [-0.2, 0) is 17.8 Å². The van der Waals surface area contributed by atoms with Gasteiger partial charge in [0.05, 0.1) is 11.4 Å². The number of amides is 2. The Morgan fingerprint density at radius 1 is 1.10 bits per heavy atom. The van der Waals surface area contributed by atoms with Crippen LogP contribution in [-0.4, -0.2) is 40.1 Å². The quantitative estimate of drug-likeness (QED) is 0.669. The van der Waals surface area contributed by atoms with Crippen molar-refractivity contribution in [2.75, 3.05) is 18.5 Å². The van der Waals surface area contributed by atoms with Gasteiger partial charge in [-0.3, -0.25) is 9.59 Å². The van der Waals surface area contributed by atoms with Gasteiger partial charge in [0, 0.05) is 49.6 Å². The topological polar surface area (TPSA) is 58.4 Å². The van der Waals surface area contributed by atoms with E-state index in [0.29, 0.717) is 18.7 Å². The van der Waals surface area contributed by atoms with E-state index in [1.54, 1.807) is 16.7 Å². The zero-order chi connectivity index (χ0) is 21.4. The Bertz CT molecular complexity index is 1120. The Morgan fingerprint density at radius 2 is 1.83 bits per heavy atom. The molecule has 1 aliphatic heterocycles. The number of hydrogen-bond donors (Lipinski definition) is 0. The zero-order valence-electron chi connectivity index (χ0n) is 17.8. The average molecular weight is 402 g/mol. The maximum absolute atomic E-state index is 13.1. The van der Waals surface area contributed by atoms with Crippen molar-refractivity contribution in [3.8, 4) is 5.69 Å². The van der Waals surface area contributed by atoms with Crippen molar-refractivity contribution in [2.24, 2.45) is 0 Å². The van der Waals surface area contributed by atoms with Gasteiger partial charge >= 0.3 is 0 Å². The number of benzene rings is 2. The number of carbonyl (C=O) groups is 2. The van der Waals surface area contributed by atoms with E-state index in [1.165, 1.54) is 0 Å². The van der Waals surface area contributed by atoms with Crippen LogP contribution >= 0.6 is 0 Å². The summed E-state index contributed by atoms with van der Waals surface area (Å²) in [6.07, 6.45) is 0.780. The van der Waals surface area contributed by atoms with Gasteiger partial charge in [0.25, 0.3) is 5.91 Å². The first-order chi connectivity index (χ1) is 14.4. The fourth-order valence-corrected chi connectivity index (χ4v) is 4.12. The third kappa shape index (κ3) is 3.49. The summed E-state index contributed by atoms with van der Waals surface area (Å²) in [5.41, 5.74) is 6.62. The summed E-state index contributed by atoms with van der Waals surface area (Å²) in [5.74, 6) is -0.00309. The molecule has 1 aromatic heterocycles. The van der Waals surface area contributed by atoms with Crippen molar-refractivity contribution in [3.05, 3.63) is 76.6 Å². The molecule has 2 aromatic carbocycles. The van der Waals surface area contributed by atoms with E-state index in [1.807, 2.05) is 74.1 Å². The number of carbonyl (C=O) groups excluding carboxylic acids is 2. The normalized spacial score (nSPS) is 12.7. The molecule has 2 amide bonds. The minimum atomic E-state index is -0.0367. The predicted molar refractivity (Wildman–Crippen MR) is 117 cm³/mol. The smallest absolute Gasteiger partial charge is 0.253 e. The highest BCUT2D eigenvalue weighted by atomic mass is 16.2. The van der Waals surface area contributed by atoms with Gasteiger partial charge in [-0.25, -0.2) is 4.68 Å². The molecule has 3 aromatic rings. The number of fused-ring (bicyclic) bond motifs is 1. The second-order valence-corrected chi connectivity index (χ2v) is 7.82. The lowest BCUT2D eigenvalue weighted by Crippen LogP contribution is -2.27. The average Bonchev–Trinajstić information content (AvgIpc) is 3.29. The summed E-state index contributed by atoms with van der Waals surface area (Å²) in [5, 5.41) is 4.68. The molecule has 0 spiro atoms. The molecule has 0 radical (unpaired) electrons. The summed E-state index contributed by atoms with van der Waals surface area (Å²) in [7, 11) is 1.82. The molecular formula is C24H26N4O2. The van der Waals surface area contributed by atoms with Gasteiger partial charge in [0.15, 0.2) is 0 Å². The number of nitrogens with zero attached hydrogens (tertiary/aromatic N) is 4. The number of hydrogen-bond acceptors (Lipinski definition) is 3. The number of aryl methyl sites for hydroxylation is 1. The van der Waals surface area contributed by atoms with E-state index < -0.39 is 0 Å². The highest BCUT2D eigenvalue weighted by Gasteiger charge is 2.24. The SMILES string of the molecule is CC(=O)N1CCc2cc(C(=O)N(C)Cc3c(C)nn(-c4ccccc4)c3C)ccc21. The molecular weight excluding hydrogens is 376 g/mol. The zero-order valence-corrected chi connectivity index (χ0v) is 17.8. The van der Waals surface area contributed by atoms with E-state index in [9.17, 15) is 9.59 Å². The minimum absolute atomic E-state index is 0.0336. The molecule has 0 aliphatic carbocycles. The summed E-state index contributed by atoms with van der Waals surface area (Å²) in [4.78, 5) is 28.3. The molecule has 0 atom stereocenters. The number of aromatic nitrogens is 2. The van der Waals surface area contributed by atoms with Gasteiger partial charge in [-0.1, -0.05) is 18.2 Å². The standard InChI is InChI=1S/C24H26N4O2/c1-16-22(17(2)28(25-16)21-8-6-5-7-9-21)15-26(4)24(30)20-10-11-23-19(14-20)12-13-27(23)18(3)29/h5-11,14H,12-13,15H2,1-4H3. The lowest BCUT2D eigenvalue weighted by Gasteiger charge is -2.19. The third-order valence-corrected chi connectivity index (χ3v) is 5.79. The summed E-state index contributed by atoms with van der Waals surface area (Å²) in [6.45, 7) is 6.75. The van der Waals surface area contributed by atoms with Crippen LogP contribution < -0.4 is 4.90 Å². The number of anilines is 1. The van der Waals surface area contributed by atoms with Gasteiger partial charge in [-0.2, -0.15) is 5.10 Å². The lowest BCUT2D eigenvalue weighted by atomic mass is 10.1. The van der Waals surface area contributed by atoms with Crippen molar-refractivity contribution in [3.63, 3.8) is 0 Å². The molecule has 6 heteroatoms.